The van der Waals surface area contributed by atoms with Crippen LogP contribution in [0.5, 0.6) is 5.75 Å². The fraction of sp³-hybridized carbons (Fsp3) is 0.409. The number of amides is 1. The van der Waals surface area contributed by atoms with E-state index in [-0.39, 0.29) is 29.9 Å². The maximum atomic E-state index is 11.6. The Morgan fingerprint density at radius 2 is 1.73 bits per heavy atom. The van der Waals surface area contributed by atoms with Crippen molar-refractivity contribution in [1.29, 1.82) is 0 Å². The van der Waals surface area contributed by atoms with Gasteiger partial charge in [-0.25, -0.2) is 0 Å². The molecular formula is C22H27NO3. The zero-order valence-corrected chi connectivity index (χ0v) is 15.9. The Morgan fingerprint density at radius 3 is 2.42 bits per heavy atom. The Bertz CT molecular complexity index is 815. The number of hydrogen-bond acceptors (Lipinski definition) is 3. The third-order valence-corrected chi connectivity index (χ3v) is 5.20. The maximum Gasteiger partial charge on any atom is 0.217 e. The van der Waals surface area contributed by atoms with Crippen LogP contribution < -0.4 is 5.32 Å². The van der Waals surface area contributed by atoms with E-state index in [9.17, 15) is 9.90 Å². The second-order valence-corrected chi connectivity index (χ2v) is 7.37. The first-order chi connectivity index (χ1) is 12.3. The molecule has 3 rings (SSSR count). The lowest BCUT2D eigenvalue weighted by atomic mass is 9.88. The summed E-state index contributed by atoms with van der Waals surface area (Å²) in [5.41, 5.74) is 5.82. The average molecular weight is 353 g/mol. The van der Waals surface area contributed by atoms with Gasteiger partial charge in [0.2, 0.25) is 5.91 Å². The second-order valence-electron chi connectivity index (χ2n) is 7.37. The van der Waals surface area contributed by atoms with Crippen molar-refractivity contribution in [1.82, 2.24) is 5.32 Å². The molecule has 1 fully saturated rings. The summed E-state index contributed by atoms with van der Waals surface area (Å²) in [7, 11) is 0. The van der Waals surface area contributed by atoms with E-state index in [1.807, 2.05) is 12.1 Å². The van der Waals surface area contributed by atoms with Gasteiger partial charge >= 0.3 is 0 Å². The lowest BCUT2D eigenvalue weighted by Crippen LogP contribution is -2.39. The molecule has 4 heteroatoms. The standard InChI is InChI=1S/C22H27NO3/c1-13-8-15(3)20(9-14(13)2)22-12-18(23-16(4)24)11-21(26-22)17-6-5-7-19(25)10-17/h5-10,18,21-22,25H,11-12H2,1-4H3,(H,23,24)/t18-,21-,22+/m1/s1. The first-order valence-electron chi connectivity index (χ1n) is 9.12. The number of aromatic hydroxyl groups is 1. The van der Waals surface area contributed by atoms with Crippen LogP contribution in [-0.2, 0) is 9.53 Å². The second kappa shape index (κ2) is 7.50. The van der Waals surface area contributed by atoms with Gasteiger partial charge in [-0.2, -0.15) is 0 Å². The zero-order valence-electron chi connectivity index (χ0n) is 15.9. The highest BCUT2D eigenvalue weighted by molar-refractivity contribution is 5.73. The molecule has 0 radical (unpaired) electrons. The molecule has 1 aliphatic heterocycles. The minimum atomic E-state index is -0.168. The van der Waals surface area contributed by atoms with Crippen LogP contribution in [0.3, 0.4) is 0 Å². The highest BCUT2D eigenvalue weighted by atomic mass is 16.5. The Balaban J connectivity index is 1.94. The number of aryl methyl sites for hydroxylation is 3. The van der Waals surface area contributed by atoms with E-state index in [0.717, 1.165) is 12.0 Å². The predicted octanol–water partition coefficient (Wildman–Crippen LogP) is 4.41. The molecule has 26 heavy (non-hydrogen) atoms. The van der Waals surface area contributed by atoms with E-state index in [4.69, 9.17) is 4.74 Å². The molecule has 0 unspecified atom stereocenters. The minimum absolute atomic E-state index is 0.0258. The van der Waals surface area contributed by atoms with Gasteiger partial charge in [0, 0.05) is 13.0 Å². The minimum Gasteiger partial charge on any atom is -0.508 e. The van der Waals surface area contributed by atoms with Crippen molar-refractivity contribution < 1.29 is 14.6 Å². The van der Waals surface area contributed by atoms with Crippen molar-refractivity contribution in [2.45, 2.75) is 58.8 Å². The third-order valence-electron chi connectivity index (χ3n) is 5.20. The summed E-state index contributed by atoms with van der Waals surface area (Å²) in [5, 5.41) is 12.9. The molecule has 2 aromatic rings. The largest absolute Gasteiger partial charge is 0.508 e. The lowest BCUT2D eigenvalue weighted by Gasteiger charge is -2.37. The average Bonchev–Trinajstić information content (AvgIpc) is 2.57. The molecule has 1 heterocycles. The van der Waals surface area contributed by atoms with E-state index in [1.54, 1.807) is 19.1 Å². The number of hydrogen-bond donors (Lipinski definition) is 2. The molecule has 0 aromatic heterocycles. The van der Waals surface area contributed by atoms with Crippen LogP contribution in [0.25, 0.3) is 0 Å². The summed E-state index contributed by atoms with van der Waals surface area (Å²) in [5.74, 6) is 0.203. The van der Waals surface area contributed by atoms with Crippen LogP contribution in [-0.4, -0.2) is 17.1 Å². The topological polar surface area (TPSA) is 58.6 Å². The van der Waals surface area contributed by atoms with Crippen LogP contribution in [0, 0.1) is 20.8 Å². The van der Waals surface area contributed by atoms with Gasteiger partial charge in [0.1, 0.15) is 5.75 Å². The molecule has 1 amide bonds. The van der Waals surface area contributed by atoms with Crippen LogP contribution >= 0.6 is 0 Å². The summed E-state index contributed by atoms with van der Waals surface area (Å²) in [6.07, 6.45) is 1.19. The van der Waals surface area contributed by atoms with Gasteiger partial charge in [-0.05, 0) is 73.6 Å². The Hall–Kier alpha value is -2.33. The quantitative estimate of drug-likeness (QED) is 0.859. The van der Waals surface area contributed by atoms with Crippen LogP contribution in [0.15, 0.2) is 36.4 Å². The Kier molecular flexibility index (Phi) is 5.33. The van der Waals surface area contributed by atoms with Gasteiger partial charge in [0.25, 0.3) is 0 Å². The van der Waals surface area contributed by atoms with Crippen molar-refractivity contribution >= 4 is 5.91 Å². The molecule has 2 N–H and O–H groups in total. The fourth-order valence-electron chi connectivity index (χ4n) is 3.80. The zero-order chi connectivity index (χ0) is 18.8. The molecule has 0 aliphatic carbocycles. The number of nitrogens with one attached hydrogen (secondary N) is 1. The molecule has 1 saturated heterocycles. The van der Waals surface area contributed by atoms with Gasteiger partial charge in [0.05, 0.1) is 12.2 Å². The van der Waals surface area contributed by atoms with Crippen molar-refractivity contribution in [3.8, 4) is 5.75 Å². The van der Waals surface area contributed by atoms with Gasteiger partial charge in [-0.1, -0.05) is 24.3 Å². The highest BCUT2D eigenvalue weighted by Crippen LogP contribution is 2.40. The monoisotopic (exact) mass is 353 g/mol. The summed E-state index contributed by atoms with van der Waals surface area (Å²) >= 11 is 0. The normalized spacial score (nSPS) is 22.8. The molecule has 4 nitrogen and oxygen atoms in total. The van der Waals surface area contributed by atoms with Gasteiger partial charge in [-0.15, -0.1) is 0 Å². The molecule has 1 aliphatic rings. The number of carbonyl (C=O) groups excluding carboxylic acids is 1. The van der Waals surface area contributed by atoms with E-state index < -0.39 is 0 Å². The van der Waals surface area contributed by atoms with Crippen LogP contribution in [0.2, 0.25) is 0 Å². The van der Waals surface area contributed by atoms with Crippen molar-refractivity contribution in [2.75, 3.05) is 0 Å². The molecular weight excluding hydrogens is 326 g/mol. The Labute approximate surface area is 155 Å². The third kappa shape index (κ3) is 4.07. The number of carbonyl (C=O) groups is 1. The summed E-state index contributed by atoms with van der Waals surface area (Å²) in [6, 6.07) is 11.6. The number of phenols is 1. The highest BCUT2D eigenvalue weighted by Gasteiger charge is 2.32. The number of ether oxygens (including phenoxy) is 1. The molecule has 0 bridgehead atoms. The molecule has 2 aromatic carbocycles. The smallest absolute Gasteiger partial charge is 0.217 e. The first-order valence-corrected chi connectivity index (χ1v) is 9.12. The van der Waals surface area contributed by atoms with Gasteiger partial charge in [-0.3, -0.25) is 4.79 Å². The number of rotatable bonds is 3. The van der Waals surface area contributed by atoms with E-state index in [1.165, 1.54) is 22.3 Å². The first kappa shape index (κ1) is 18.5. The van der Waals surface area contributed by atoms with Crippen LogP contribution in [0.4, 0.5) is 0 Å². The molecule has 3 atom stereocenters. The van der Waals surface area contributed by atoms with E-state index in [2.05, 4.69) is 38.2 Å². The van der Waals surface area contributed by atoms with Crippen molar-refractivity contribution in [3.05, 3.63) is 64.2 Å². The lowest BCUT2D eigenvalue weighted by molar-refractivity contribution is -0.122. The summed E-state index contributed by atoms with van der Waals surface area (Å²) in [6.45, 7) is 7.88. The predicted molar refractivity (Wildman–Crippen MR) is 102 cm³/mol. The van der Waals surface area contributed by atoms with Crippen LogP contribution in [0.1, 0.15) is 59.8 Å². The van der Waals surface area contributed by atoms with Crippen molar-refractivity contribution in [3.63, 3.8) is 0 Å². The molecule has 138 valence electrons. The maximum absolute atomic E-state index is 11.6. The number of benzene rings is 2. The molecule has 0 saturated carbocycles. The van der Waals surface area contributed by atoms with E-state index >= 15 is 0 Å². The molecule has 0 spiro atoms. The SMILES string of the molecule is CC(=O)N[C@H]1C[C@@H](c2cc(C)c(C)cc2C)O[C@@H](c2cccc(O)c2)C1. The number of phenolic OH excluding ortho intramolecular Hbond substituents is 1. The van der Waals surface area contributed by atoms with Crippen molar-refractivity contribution in [2.24, 2.45) is 0 Å². The van der Waals surface area contributed by atoms with Gasteiger partial charge in [0.15, 0.2) is 0 Å². The fourth-order valence-corrected chi connectivity index (χ4v) is 3.80. The summed E-state index contributed by atoms with van der Waals surface area (Å²) in [4.78, 5) is 11.6. The Morgan fingerprint density at radius 1 is 1.04 bits per heavy atom. The summed E-state index contributed by atoms with van der Waals surface area (Å²) < 4.78 is 6.44. The van der Waals surface area contributed by atoms with E-state index in [0.29, 0.717) is 6.42 Å². The van der Waals surface area contributed by atoms with Gasteiger partial charge < -0.3 is 15.2 Å².